The van der Waals surface area contributed by atoms with E-state index >= 15 is 0 Å². The first-order valence-corrected chi connectivity index (χ1v) is 8.68. The minimum absolute atomic E-state index is 0.0441. The zero-order valence-corrected chi connectivity index (χ0v) is 14.8. The number of carbonyl (C=O) groups excluding carboxylic acids is 1. The number of pyridine rings is 1. The lowest BCUT2D eigenvalue weighted by molar-refractivity contribution is 0.0527. The Balaban J connectivity index is 2.10. The third-order valence-corrected chi connectivity index (χ3v) is 4.77. The van der Waals surface area contributed by atoms with Crippen LogP contribution in [-0.2, 0) is 4.74 Å². The van der Waals surface area contributed by atoms with E-state index in [2.05, 4.69) is 26.2 Å². The molecule has 1 heterocycles. The minimum atomic E-state index is -0.478. The molecule has 3 rings (SSSR count). The van der Waals surface area contributed by atoms with Crippen LogP contribution in [0, 0.1) is 5.82 Å². The molecule has 1 aromatic heterocycles. The number of rotatable bonds is 4. The van der Waals surface area contributed by atoms with Gasteiger partial charge in [-0.3, -0.25) is 4.98 Å². The fourth-order valence-electron chi connectivity index (χ4n) is 3.00. The summed E-state index contributed by atoms with van der Waals surface area (Å²) < 4.78 is 19.2. The second kappa shape index (κ2) is 7.03. The van der Waals surface area contributed by atoms with E-state index in [-0.39, 0.29) is 18.8 Å². The monoisotopic (exact) mass is 396 g/mol. The average Bonchev–Trinajstić information content (AvgIpc) is 2.94. The minimum Gasteiger partial charge on any atom is -0.462 e. The van der Waals surface area contributed by atoms with E-state index in [0.29, 0.717) is 39.5 Å². The Hall–Kier alpha value is -1.73. The molecule has 0 unspecified atom stereocenters. The van der Waals surface area contributed by atoms with Gasteiger partial charge in [0.05, 0.1) is 28.4 Å². The van der Waals surface area contributed by atoms with Gasteiger partial charge in [-0.25, -0.2) is 9.18 Å². The van der Waals surface area contributed by atoms with Crippen LogP contribution in [0.1, 0.15) is 36.5 Å². The molecule has 1 fully saturated rings. The molecule has 2 N–H and O–H groups in total. The molecular formula is C17H18BrFN2O3. The molecule has 1 aliphatic carbocycles. The quantitative estimate of drug-likeness (QED) is 0.771. The van der Waals surface area contributed by atoms with Gasteiger partial charge in [0.1, 0.15) is 11.4 Å². The predicted octanol–water partition coefficient (Wildman–Crippen LogP) is 3.64. The van der Waals surface area contributed by atoms with Crippen LogP contribution in [0.25, 0.3) is 10.9 Å². The van der Waals surface area contributed by atoms with Crippen molar-refractivity contribution in [2.45, 2.75) is 38.3 Å². The molecule has 0 amide bonds. The molecule has 0 bridgehead atoms. The largest absolute Gasteiger partial charge is 0.462 e. The zero-order chi connectivity index (χ0) is 17.3. The Morgan fingerprint density at radius 1 is 1.50 bits per heavy atom. The number of aliphatic hydroxyl groups is 1. The lowest BCUT2D eigenvalue weighted by atomic mass is 10.1. The maximum absolute atomic E-state index is 13.8. The summed E-state index contributed by atoms with van der Waals surface area (Å²) in [7, 11) is 0. The fourth-order valence-corrected chi connectivity index (χ4v) is 3.34. The molecule has 2 aromatic rings. The first-order chi connectivity index (χ1) is 11.5. The molecule has 7 heteroatoms. The van der Waals surface area contributed by atoms with Gasteiger partial charge in [-0.1, -0.05) is 0 Å². The van der Waals surface area contributed by atoms with E-state index in [1.165, 1.54) is 12.3 Å². The summed E-state index contributed by atoms with van der Waals surface area (Å²) in [6.45, 7) is 1.99. The van der Waals surface area contributed by atoms with Gasteiger partial charge < -0.3 is 15.2 Å². The number of hydrogen-bond donors (Lipinski definition) is 2. The van der Waals surface area contributed by atoms with Crippen molar-refractivity contribution in [2.75, 3.05) is 11.9 Å². The van der Waals surface area contributed by atoms with Crippen molar-refractivity contribution >= 4 is 38.5 Å². The van der Waals surface area contributed by atoms with Crippen LogP contribution in [0.5, 0.6) is 0 Å². The topological polar surface area (TPSA) is 71.5 Å². The van der Waals surface area contributed by atoms with Crippen LogP contribution < -0.4 is 5.32 Å². The van der Waals surface area contributed by atoms with E-state index in [1.807, 2.05) is 0 Å². The molecule has 0 spiro atoms. The number of halogens is 2. The number of aliphatic hydroxyl groups excluding tert-OH is 1. The summed E-state index contributed by atoms with van der Waals surface area (Å²) in [6.07, 6.45) is 3.19. The van der Waals surface area contributed by atoms with Gasteiger partial charge in [-0.2, -0.15) is 0 Å². The SMILES string of the molecule is CCOC(=O)c1cnc2cc(F)c(Br)cc2c1N[C@H]1CC[C@H](O)C1. The molecule has 1 saturated carbocycles. The third kappa shape index (κ3) is 3.37. The summed E-state index contributed by atoms with van der Waals surface area (Å²) in [4.78, 5) is 16.4. The third-order valence-electron chi connectivity index (χ3n) is 4.16. The van der Waals surface area contributed by atoms with Crippen LogP contribution in [0.3, 0.4) is 0 Å². The van der Waals surface area contributed by atoms with Crippen molar-refractivity contribution in [3.8, 4) is 0 Å². The van der Waals surface area contributed by atoms with Crippen LogP contribution in [0.15, 0.2) is 22.8 Å². The average molecular weight is 397 g/mol. The second-order valence-electron chi connectivity index (χ2n) is 5.86. The van der Waals surface area contributed by atoms with Crippen LogP contribution in [-0.4, -0.2) is 34.8 Å². The Labute approximate surface area is 147 Å². The number of esters is 1. The van der Waals surface area contributed by atoms with Gasteiger partial charge in [-0.05, 0) is 48.2 Å². The molecule has 5 nitrogen and oxygen atoms in total. The maximum Gasteiger partial charge on any atom is 0.341 e. The molecule has 1 aromatic carbocycles. The highest BCUT2D eigenvalue weighted by Crippen LogP contribution is 2.33. The number of aromatic nitrogens is 1. The van der Waals surface area contributed by atoms with Crippen LogP contribution in [0.4, 0.5) is 10.1 Å². The van der Waals surface area contributed by atoms with Crippen molar-refractivity contribution in [1.29, 1.82) is 0 Å². The predicted molar refractivity (Wildman–Crippen MR) is 92.6 cm³/mol. The molecule has 0 aliphatic heterocycles. The maximum atomic E-state index is 13.8. The highest BCUT2D eigenvalue weighted by atomic mass is 79.9. The summed E-state index contributed by atoms with van der Waals surface area (Å²) in [5, 5.41) is 13.7. The first kappa shape index (κ1) is 17.1. The van der Waals surface area contributed by atoms with Crippen molar-refractivity contribution in [1.82, 2.24) is 4.98 Å². The Morgan fingerprint density at radius 2 is 2.29 bits per heavy atom. The number of hydrogen-bond acceptors (Lipinski definition) is 5. The lowest BCUT2D eigenvalue weighted by Crippen LogP contribution is -2.20. The van der Waals surface area contributed by atoms with Crippen molar-refractivity contribution in [3.63, 3.8) is 0 Å². The lowest BCUT2D eigenvalue weighted by Gasteiger charge is -2.19. The number of benzene rings is 1. The highest BCUT2D eigenvalue weighted by molar-refractivity contribution is 9.10. The molecule has 0 saturated heterocycles. The molecular weight excluding hydrogens is 379 g/mol. The Kier molecular flexibility index (Phi) is 5.01. The summed E-state index contributed by atoms with van der Waals surface area (Å²) in [5.41, 5.74) is 1.33. The number of carbonyl (C=O) groups is 1. The number of ether oxygens (including phenoxy) is 1. The number of fused-ring (bicyclic) bond motifs is 1. The van der Waals surface area contributed by atoms with Gasteiger partial charge >= 0.3 is 5.97 Å². The second-order valence-corrected chi connectivity index (χ2v) is 6.71. The van der Waals surface area contributed by atoms with E-state index in [0.717, 1.165) is 6.42 Å². The van der Waals surface area contributed by atoms with E-state index in [9.17, 15) is 14.3 Å². The molecule has 24 heavy (non-hydrogen) atoms. The van der Waals surface area contributed by atoms with E-state index < -0.39 is 11.8 Å². The van der Waals surface area contributed by atoms with Crippen LogP contribution >= 0.6 is 15.9 Å². The van der Waals surface area contributed by atoms with E-state index in [1.54, 1.807) is 13.0 Å². The normalized spacial score (nSPS) is 20.3. The van der Waals surface area contributed by atoms with Gasteiger partial charge in [0.15, 0.2) is 0 Å². The van der Waals surface area contributed by atoms with Gasteiger partial charge in [0.2, 0.25) is 0 Å². The number of anilines is 1. The smallest absolute Gasteiger partial charge is 0.341 e. The van der Waals surface area contributed by atoms with E-state index in [4.69, 9.17) is 4.74 Å². The zero-order valence-electron chi connectivity index (χ0n) is 13.2. The number of nitrogens with zero attached hydrogens (tertiary/aromatic N) is 1. The van der Waals surface area contributed by atoms with Gasteiger partial charge in [0, 0.05) is 23.7 Å². The molecule has 128 valence electrons. The molecule has 1 aliphatic rings. The summed E-state index contributed by atoms with van der Waals surface area (Å²) in [5.74, 6) is -0.894. The first-order valence-electron chi connectivity index (χ1n) is 7.89. The Bertz CT molecular complexity index is 784. The van der Waals surface area contributed by atoms with Crippen molar-refractivity contribution in [3.05, 3.63) is 34.2 Å². The van der Waals surface area contributed by atoms with Crippen LogP contribution in [0.2, 0.25) is 0 Å². The number of nitrogens with one attached hydrogen (secondary N) is 1. The highest BCUT2D eigenvalue weighted by Gasteiger charge is 2.26. The molecule has 2 atom stereocenters. The fraction of sp³-hybridized carbons (Fsp3) is 0.412. The summed E-state index contributed by atoms with van der Waals surface area (Å²) in [6, 6.07) is 2.97. The molecule has 0 radical (unpaired) electrons. The van der Waals surface area contributed by atoms with Crippen molar-refractivity contribution < 1.29 is 19.0 Å². The summed E-state index contributed by atoms with van der Waals surface area (Å²) >= 11 is 3.18. The van der Waals surface area contributed by atoms with Gasteiger partial charge in [-0.15, -0.1) is 0 Å². The Morgan fingerprint density at radius 3 is 2.96 bits per heavy atom. The standard InChI is InChI=1S/C17H18BrFN2O3/c1-2-24-17(23)12-8-20-15-7-14(19)13(18)6-11(15)16(12)21-9-3-4-10(22)5-9/h6-10,22H,2-5H2,1H3,(H,20,21)/t9-,10-/m0/s1. The van der Waals surface area contributed by atoms with Crippen molar-refractivity contribution in [2.24, 2.45) is 0 Å². The van der Waals surface area contributed by atoms with Gasteiger partial charge in [0.25, 0.3) is 0 Å².